The molecule has 2 aliphatic heterocycles. The van der Waals surface area contributed by atoms with Gasteiger partial charge in [-0.1, -0.05) is 24.0 Å². The van der Waals surface area contributed by atoms with Crippen molar-refractivity contribution in [3.8, 4) is 11.8 Å². The summed E-state index contributed by atoms with van der Waals surface area (Å²) in [6.07, 6.45) is 5.38. The van der Waals surface area contributed by atoms with Crippen LogP contribution in [-0.2, 0) is 0 Å². The molecule has 0 spiro atoms. The predicted molar refractivity (Wildman–Crippen MR) is 132 cm³/mol. The maximum atomic E-state index is 13.4. The van der Waals surface area contributed by atoms with Gasteiger partial charge in [-0.3, -0.25) is 9.69 Å². The number of aliphatic hydroxyl groups is 2. The second-order valence-electron chi connectivity index (χ2n) is 10.2. The summed E-state index contributed by atoms with van der Waals surface area (Å²) in [5.74, 6) is 5.88. The fraction of sp³-hybridized carbons (Fsp3) is 0.483. The lowest BCUT2D eigenvalue weighted by atomic mass is 9.74. The van der Waals surface area contributed by atoms with Crippen molar-refractivity contribution >= 4 is 5.91 Å². The first-order valence-electron chi connectivity index (χ1n) is 12.7. The zero-order valence-corrected chi connectivity index (χ0v) is 20.0. The third-order valence-electron chi connectivity index (χ3n) is 7.91. The summed E-state index contributed by atoms with van der Waals surface area (Å²) in [5, 5.41) is 20.7. The number of carbonyl (C=O) groups is 1. The van der Waals surface area contributed by atoms with Crippen LogP contribution in [0.2, 0.25) is 0 Å². The second-order valence-corrected chi connectivity index (χ2v) is 10.2. The number of carbonyl (C=O) groups excluding carboxylic acids is 1. The molecular weight excluding hydrogens is 443 g/mol. The van der Waals surface area contributed by atoms with E-state index in [2.05, 4.69) is 28.9 Å². The van der Waals surface area contributed by atoms with E-state index in [4.69, 9.17) is 0 Å². The van der Waals surface area contributed by atoms with Crippen LogP contribution in [0.5, 0.6) is 0 Å². The van der Waals surface area contributed by atoms with Crippen LogP contribution >= 0.6 is 0 Å². The zero-order valence-electron chi connectivity index (χ0n) is 20.0. The Kier molecular flexibility index (Phi) is 6.93. The van der Waals surface area contributed by atoms with Gasteiger partial charge < -0.3 is 15.1 Å². The van der Waals surface area contributed by atoms with E-state index in [1.165, 1.54) is 12.1 Å². The van der Waals surface area contributed by atoms with E-state index in [-0.39, 0.29) is 36.3 Å². The summed E-state index contributed by atoms with van der Waals surface area (Å²) in [4.78, 5) is 17.4. The van der Waals surface area contributed by atoms with Crippen molar-refractivity contribution in [2.45, 2.75) is 62.1 Å². The van der Waals surface area contributed by atoms with E-state index in [9.17, 15) is 19.4 Å². The molecular formula is C29H33FN2O3. The van der Waals surface area contributed by atoms with E-state index in [0.29, 0.717) is 18.7 Å². The van der Waals surface area contributed by atoms with Crippen molar-refractivity contribution in [2.24, 2.45) is 0 Å². The summed E-state index contributed by atoms with van der Waals surface area (Å²) >= 11 is 0. The number of aliphatic hydroxyl groups excluding tert-OH is 1. The molecule has 2 heterocycles. The summed E-state index contributed by atoms with van der Waals surface area (Å²) < 4.78 is 13.4. The lowest BCUT2D eigenvalue weighted by molar-refractivity contribution is -0.0606. The molecule has 1 amide bonds. The second kappa shape index (κ2) is 10.1. The Morgan fingerprint density at radius 1 is 1.00 bits per heavy atom. The molecule has 5 rings (SSSR count). The highest BCUT2D eigenvalue weighted by Gasteiger charge is 2.49. The van der Waals surface area contributed by atoms with E-state index in [1.807, 2.05) is 17.0 Å². The van der Waals surface area contributed by atoms with E-state index < -0.39 is 5.60 Å². The molecule has 6 heteroatoms. The van der Waals surface area contributed by atoms with Crippen molar-refractivity contribution < 1.29 is 19.4 Å². The molecule has 0 bridgehead atoms. The van der Waals surface area contributed by atoms with Crippen molar-refractivity contribution in [1.82, 2.24) is 9.80 Å². The highest BCUT2D eigenvalue weighted by Crippen LogP contribution is 2.42. The molecule has 0 radical (unpaired) electrons. The molecule has 3 atom stereocenters. The highest BCUT2D eigenvalue weighted by molar-refractivity contribution is 5.94. The van der Waals surface area contributed by atoms with Crippen molar-refractivity contribution in [2.75, 3.05) is 26.2 Å². The topological polar surface area (TPSA) is 64.0 Å². The minimum absolute atomic E-state index is 0.0250. The van der Waals surface area contributed by atoms with E-state index in [0.717, 1.165) is 56.2 Å². The Balaban J connectivity index is 1.34. The summed E-state index contributed by atoms with van der Waals surface area (Å²) in [7, 11) is 0. The highest BCUT2D eigenvalue weighted by atomic mass is 19.1. The normalized spacial score (nSPS) is 26.0. The largest absolute Gasteiger partial charge is 0.395 e. The summed E-state index contributed by atoms with van der Waals surface area (Å²) in [5.41, 5.74) is 1.65. The Bertz CT molecular complexity index is 1100. The SMILES string of the molecule is O=C(c1ccc(F)cc1)N1CCCCN2[C@H](CO)[C@H](c3ccc(C#CC4(O)CCCC4)cc3)[C@H]2C1. The Labute approximate surface area is 206 Å². The molecule has 0 aromatic heterocycles. The van der Waals surface area contributed by atoms with Crippen LogP contribution < -0.4 is 0 Å². The molecule has 3 fully saturated rings. The number of rotatable bonds is 3. The smallest absolute Gasteiger partial charge is 0.253 e. The quantitative estimate of drug-likeness (QED) is 0.666. The lowest BCUT2D eigenvalue weighted by Gasteiger charge is -2.57. The first-order valence-corrected chi connectivity index (χ1v) is 12.7. The van der Waals surface area contributed by atoms with Gasteiger partial charge in [-0.05, 0) is 87.0 Å². The number of fused-ring (bicyclic) bond motifs is 1. The lowest BCUT2D eigenvalue weighted by Crippen LogP contribution is -2.67. The van der Waals surface area contributed by atoms with Crippen molar-refractivity contribution in [1.29, 1.82) is 0 Å². The van der Waals surface area contributed by atoms with E-state index in [1.54, 1.807) is 12.1 Å². The third kappa shape index (κ3) is 4.99. The minimum atomic E-state index is -0.853. The van der Waals surface area contributed by atoms with Gasteiger partial charge in [0.1, 0.15) is 11.4 Å². The average Bonchev–Trinajstić information content (AvgIpc) is 3.29. The molecule has 1 saturated carbocycles. The van der Waals surface area contributed by atoms with Crippen LogP contribution in [0, 0.1) is 17.7 Å². The van der Waals surface area contributed by atoms with Gasteiger partial charge >= 0.3 is 0 Å². The molecule has 2 aromatic carbocycles. The number of hydrogen-bond acceptors (Lipinski definition) is 4. The minimum Gasteiger partial charge on any atom is -0.395 e. The molecule has 3 aliphatic rings. The van der Waals surface area contributed by atoms with Crippen LogP contribution in [0.1, 0.15) is 65.9 Å². The number of hydrogen-bond donors (Lipinski definition) is 2. The number of halogens is 1. The van der Waals surface area contributed by atoms with E-state index >= 15 is 0 Å². The molecule has 2 saturated heterocycles. The molecule has 2 N–H and O–H groups in total. The Morgan fingerprint density at radius 2 is 1.69 bits per heavy atom. The molecule has 5 nitrogen and oxygen atoms in total. The molecule has 184 valence electrons. The van der Waals surface area contributed by atoms with Gasteiger partial charge in [-0.15, -0.1) is 0 Å². The number of benzene rings is 2. The monoisotopic (exact) mass is 476 g/mol. The summed E-state index contributed by atoms with van der Waals surface area (Å²) in [6, 6.07) is 14.0. The molecule has 2 aromatic rings. The number of nitrogens with zero attached hydrogens (tertiary/aromatic N) is 2. The molecule has 1 aliphatic carbocycles. The molecule has 35 heavy (non-hydrogen) atoms. The predicted octanol–water partition coefficient (Wildman–Crippen LogP) is 3.55. The van der Waals surface area contributed by atoms with Gasteiger partial charge in [0.15, 0.2) is 0 Å². The third-order valence-corrected chi connectivity index (χ3v) is 7.91. The fourth-order valence-corrected chi connectivity index (χ4v) is 5.96. The van der Waals surface area contributed by atoms with Gasteiger partial charge in [0.2, 0.25) is 0 Å². The van der Waals surface area contributed by atoms with Gasteiger partial charge in [0.05, 0.1) is 6.61 Å². The standard InChI is InChI=1S/C29H33FN2O3/c30-24-11-9-23(10-12-24)28(34)31-17-3-4-18-32-25(19-31)27(26(32)20-33)22-7-5-21(6-8-22)13-16-29(35)14-1-2-15-29/h5-12,25-27,33,35H,1-4,14-15,17-20H2/t25-,26-,27-/m1/s1. The maximum absolute atomic E-state index is 13.4. The van der Waals surface area contributed by atoms with Crippen LogP contribution in [0.15, 0.2) is 48.5 Å². The zero-order chi connectivity index (χ0) is 24.4. The van der Waals surface area contributed by atoms with Crippen LogP contribution in [0.4, 0.5) is 4.39 Å². The van der Waals surface area contributed by atoms with Gasteiger partial charge in [0.25, 0.3) is 5.91 Å². The Hall–Kier alpha value is -2.72. The molecule has 0 unspecified atom stereocenters. The van der Waals surface area contributed by atoms with Crippen molar-refractivity contribution in [3.63, 3.8) is 0 Å². The van der Waals surface area contributed by atoms with Crippen LogP contribution in [0.3, 0.4) is 0 Å². The van der Waals surface area contributed by atoms with Gasteiger partial charge in [-0.2, -0.15) is 0 Å². The maximum Gasteiger partial charge on any atom is 0.253 e. The average molecular weight is 477 g/mol. The first-order chi connectivity index (χ1) is 17.0. The van der Waals surface area contributed by atoms with Crippen LogP contribution in [0.25, 0.3) is 0 Å². The fourth-order valence-electron chi connectivity index (χ4n) is 5.96. The van der Waals surface area contributed by atoms with Gasteiger partial charge in [-0.25, -0.2) is 4.39 Å². The van der Waals surface area contributed by atoms with Crippen LogP contribution in [-0.4, -0.2) is 69.8 Å². The number of amides is 1. The Morgan fingerprint density at radius 3 is 2.37 bits per heavy atom. The van der Waals surface area contributed by atoms with Crippen molar-refractivity contribution in [3.05, 3.63) is 71.0 Å². The first kappa shape index (κ1) is 24.0. The summed E-state index contributed by atoms with van der Waals surface area (Å²) in [6.45, 7) is 2.23. The van der Waals surface area contributed by atoms with Gasteiger partial charge in [0, 0.05) is 42.2 Å².